The highest BCUT2D eigenvalue weighted by Crippen LogP contribution is 2.27. The fourth-order valence-electron chi connectivity index (χ4n) is 1.76. The van der Waals surface area contributed by atoms with E-state index in [1.807, 2.05) is 13.0 Å². The summed E-state index contributed by atoms with van der Waals surface area (Å²) in [6, 6.07) is 5.53. The first-order chi connectivity index (χ1) is 9.01. The maximum absolute atomic E-state index is 11.0. The molecule has 0 fully saturated rings. The van der Waals surface area contributed by atoms with Gasteiger partial charge in [-0.15, -0.1) is 11.8 Å². The Labute approximate surface area is 123 Å². The second kappa shape index (κ2) is 5.79. The van der Waals surface area contributed by atoms with Crippen LogP contribution in [0.3, 0.4) is 0 Å². The zero-order chi connectivity index (χ0) is 14.0. The van der Waals surface area contributed by atoms with Gasteiger partial charge in [0.05, 0.1) is 5.52 Å². The minimum Gasteiger partial charge on any atom is -0.478 e. The van der Waals surface area contributed by atoms with Gasteiger partial charge in [-0.2, -0.15) is 0 Å². The van der Waals surface area contributed by atoms with E-state index in [4.69, 9.17) is 9.84 Å². The zero-order valence-corrected chi connectivity index (χ0v) is 12.8. The lowest BCUT2D eigenvalue weighted by molar-refractivity contribution is -0.140. The third-order valence-electron chi connectivity index (χ3n) is 2.57. The number of benzene rings is 1. The van der Waals surface area contributed by atoms with Crippen LogP contribution in [0.1, 0.15) is 5.56 Å². The lowest BCUT2D eigenvalue weighted by Gasteiger charge is -2.14. The minimum atomic E-state index is -0.988. The number of aliphatic carboxylic acids is 1. The number of halogens is 1. The van der Waals surface area contributed by atoms with Crippen molar-refractivity contribution in [3.8, 4) is 5.75 Å². The van der Waals surface area contributed by atoms with Gasteiger partial charge in [-0.05, 0) is 52.9 Å². The molecule has 1 aromatic heterocycles. The number of rotatable bonds is 4. The van der Waals surface area contributed by atoms with E-state index in [0.29, 0.717) is 5.75 Å². The van der Waals surface area contributed by atoms with Crippen LogP contribution in [0.5, 0.6) is 5.75 Å². The summed E-state index contributed by atoms with van der Waals surface area (Å²) in [4.78, 5) is 15.3. The lowest BCUT2D eigenvalue weighted by Crippen LogP contribution is -2.22. The molecule has 100 valence electrons. The summed E-state index contributed by atoms with van der Waals surface area (Å²) in [5.74, 6) is -0.454. The molecule has 6 heteroatoms. The quantitative estimate of drug-likeness (QED) is 0.863. The van der Waals surface area contributed by atoms with Gasteiger partial charge in [0, 0.05) is 16.1 Å². The molecule has 2 aromatic rings. The van der Waals surface area contributed by atoms with Crippen LogP contribution < -0.4 is 4.74 Å². The topological polar surface area (TPSA) is 59.4 Å². The first-order valence-electron chi connectivity index (χ1n) is 5.49. The van der Waals surface area contributed by atoms with Crippen molar-refractivity contribution >= 4 is 44.6 Å². The standard InChI is InChI=1S/C13H12BrNO3S/c1-7-3-10(18-13(19-2)12(16)17)5-8-4-9(14)6-15-11(7)8/h3-6,13H,1-2H3,(H,16,17). The largest absolute Gasteiger partial charge is 0.478 e. The Kier molecular flexibility index (Phi) is 4.31. The van der Waals surface area contributed by atoms with Gasteiger partial charge in [-0.1, -0.05) is 0 Å². The summed E-state index contributed by atoms with van der Waals surface area (Å²) in [5, 5.41) is 9.91. The second-order valence-electron chi connectivity index (χ2n) is 3.99. The molecule has 0 aliphatic carbocycles. The molecular weight excluding hydrogens is 330 g/mol. The number of carbonyl (C=O) groups is 1. The van der Waals surface area contributed by atoms with Gasteiger partial charge in [0.2, 0.25) is 5.44 Å². The zero-order valence-electron chi connectivity index (χ0n) is 10.4. The van der Waals surface area contributed by atoms with Gasteiger partial charge in [0.15, 0.2) is 0 Å². The molecule has 4 nitrogen and oxygen atoms in total. The maximum Gasteiger partial charge on any atom is 0.355 e. The maximum atomic E-state index is 11.0. The first kappa shape index (κ1) is 14.1. The van der Waals surface area contributed by atoms with E-state index in [1.54, 1.807) is 24.6 Å². The summed E-state index contributed by atoms with van der Waals surface area (Å²) < 4.78 is 6.35. The molecule has 0 amide bonds. The summed E-state index contributed by atoms with van der Waals surface area (Å²) in [6.07, 6.45) is 3.43. The number of aryl methyl sites for hydroxylation is 1. The van der Waals surface area contributed by atoms with Crippen LogP contribution in [0.4, 0.5) is 0 Å². The fraction of sp³-hybridized carbons (Fsp3) is 0.231. The summed E-state index contributed by atoms with van der Waals surface area (Å²) in [7, 11) is 0. The molecule has 1 N–H and O–H groups in total. The Morgan fingerprint density at radius 3 is 2.84 bits per heavy atom. The molecule has 0 aliphatic rings. The molecule has 19 heavy (non-hydrogen) atoms. The molecule has 0 bridgehead atoms. The van der Waals surface area contributed by atoms with E-state index >= 15 is 0 Å². The number of thioether (sulfide) groups is 1. The molecule has 1 heterocycles. The number of hydrogen-bond donors (Lipinski definition) is 1. The Morgan fingerprint density at radius 1 is 1.47 bits per heavy atom. The Morgan fingerprint density at radius 2 is 2.21 bits per heavy atom. The Hall–Kier alpha value is -1.27. The van der Waals surface area contributed by atoms with Crippen LogP contribution in [0, 0.1) is 6.92 Å². The van der Waals surface area contributed by atoms with Crippen molar-refractivity contribution in [1.82, 2.24) is 4.98 Å². The smallest absolute Gasteiger partial charge is 0.355 e. The van der Waals surface area contributed by atoms with E-state index in [-0.39, 0.29) is 0 Å². The van der Waals surface area contributed by atoms with Crippen molar-refractivity contribution in [3.63, 3.8) is 0 Å². The van der Waals surface area contributed by atoms with Crippen LogP contribution in [0.15, 0.2) is 28.9 Å². The average Bonchev–Trinajstić information content (AvgIpc) is 2.35. The summed E-state index contributed by atoms with van der Waals surface area (Å²) in [6.45, 7) is 1.92. The fourth-order valence-corrected chi connectivity index (χ4v) is 2.52. The van der Waals surface area contributed by atoms with E-state index in [0.717, 1.165) is 32.7 Å². The number of carboxylic acid groups (broad SMARTS) is 1. The molecule has 1 atom stereocenters. The minimum absolute atomic E-state index is 0.534. The van der Waals surface area contributed by atoms with Crippen molar-refractivity contribution in [2.24, 2.45) is 0 Å². The number of hydrogen-bond acceptors (Lipinski definition) is 4. The van der Waals surface area contributed by atoms with Crippen LogP contribution >= 0.6 is 27.7 Å². The predicted molar refractivity (Wildman–Crippen MR) is 79.7 cm³/mol. The van der Waals surface area contributed by atoms with Crippen LogP contribution in [0.25, 0.3) is 10.9 Å². The number of carboxylic acids is 1. The van der Waals surface area contributed by atoms with Crippen LogP contribution in [0.2, 0.25) is 0 Å². The summed E-state index contributed by atoms with van der Waals surface area (Å²) in [5.41, 5.74) is 0.925. The van der Waals surface area contributed by atoms with Crippen molar-refractivity contribution < 1.29 is 14.6 Å². The van der Waals surface area contributed by atoms with Crippen molar-refractivity contribution in [2.45, 2.75) is 12.4 Å². The third kappa shape index (κ3) is 3.19. The number of ether oxygens (including phenoxy) is 1. The monoisotopic (exact) mass is 341 g/mol. The molecule has 1 unspecified atom stereocenters. The van der Waals surface area contributed by atoms with Crippen molar-refractivity contribution in [3.05, 3.63) is 34.4 Å². The van der Waals surface area contributed by atoms with E-state index in [1.165, 1.54) is 0 Å². The highest BCUT2D eigenvalue weighted by atomic mass is 79.9. The molecule has 2 rings (SSSR count). The van der Waals surface area contributed by atoms with Gasteiger partial charge < -0.3 is 9.84 Å². The van der Waals surface area contributed by atoms with Crippen LogP contribution in [-0.2, 0) is 4.79 Å². The Balaban J connectivity index is 2.42. The van der Waals surface area contributed by atoms with E-state index < -0.39 is 11.4 Å². The SMILES string of the molecule is CSC(Oc1cc(C)c2ncc(Br)cc2c1)C(=O)O. The lowest BCUT2D eigenvalue weighted by atomic mass is 10.1. The van der Waals surface area contributed by atoms with E-state index in [2.05, 4.69) is 20.9 Å². The van der Waals surface area contributed by atoms with Gasteiger partial charge >= 0.3 is 5.97 Å². The van der Waals surface area contributed by atoms with Gasteiger partial charge in [-0.25, -0.2) is 4.79 Å². The molecule has 0 saturated carbocycles. The molecule has 0 radical (unpaired) electrons. The molecule has 0 spiro atoms. The third-order valence-corrected chi connectivity index (χ3v) is 3.73. The van der Waals surface area contributed by atoms with E-state index in [9.17, 15) is 4.79 Å². The van der Waals surface area contributed by atoms with Crippen molar-refractivity contribution in [2.75, 3.05) is 6.26 Å². The van der Waals surface area contributed by atoms with Gasteiger partial charge in [0.25, 0.3) is 0 Å². The summed E-state index contributed by atoms with van der Waals surface area (Å²) >= 11 is 4.51. The highest BCUT2D eigenvalue weighted by Gasteiger charge is 2.18. The van der Waals surface area contributed by atoms with Gasteiger partial charge in [0.1, 0.15) is 5.75 Å². The average molecular weight is 342 g/mol. The molecule has 0 aliphatic heterocycles. The highest BCUT2D eigenvalue weighted by molar-refractivity contribution is 9.10. The molecule has 1 aromatic carbocycles. The van der Waals surface area contributed by atoms with Gasteiger partial charge in [-0.3, -0.25) is 4.98 Å². The number of nitrogens with zero attached hydrogens (tertiary/aromatic N) is 1. The number of aromatic nitrogens is 1. The van der Waals surface area contributed by atoms with Crippen molar-refractivity contribution in [1.29, 1.82) is 0 Å². The number of pyridine rings is 1. The Bertz CT molecular complexity index is 633. The molecular formula is C13H12BrNO3S. The first-order valence-corrected chi connectivity index (χ1v) is 7.57. The normalized spacial score (nSPS) is 12.4. The number of fused-ring (bicyclic) bond motifs is 1. The van der Waals surface area contributed by atoms with Crippen LogP contribution in [-0.4, -0.2) is 27.8 Å². The molecule has 0 saturated heterocycles. The predicted octanol–water partition coefficient (Wildman–Crippen LogP) is 3.46. The second-order valence-corrected chi connectivity index (χ2v) is 5.80.